The van der Waals surface area contributed by atoms with Gasteiger partial charge in [-0.05, 0) is 75.3 Å². The molecule has 94 valence electrons. The van der Waals surface area contributed by atoms with Crippen LogP contribution in [0.3, 0.4) is 0 Å². The third-order valence-electron chi connectivity index (χ3n) is 4.34. The summed E-state index contributed by atoms with van der Waals surface area (Å²) in [7, 11) is 0. The summed E-state index contributed by atoms with van der Waals surface area (Å²) in [6.07, 6.45) is 1.89. The van der Waals surface area contributed by atoms with Gasteiger partial charge in [0.15, 0.2) is 0 Å². The van der Waals surface area contributed by atoms with Crippen molar-refractivity contribution >= 4 is 0 Å². The molecule has 1 atom stereocenters. The first-order valence-electron chi connectivity index (χ1n) is 6.29. The van der Waals surface area contributed by atoms with Crippen LogP contribution in [0.25, 0.3) is 0 Å². The van der Waals surface area contributed by atoms with Crippen molar-refractivity contribution in [1.82, 2.24) is 0 Å². The van der Waals surface area contributed by atoms with Gasteiger partial charge >= 0.3 is 0 Å². The van der Waals surface area contributed by atoms with E-state index < -0.39 is 5.60 Å². The molecular formula is C15H22O2. The van der Waals surface area contributed by atoms with Crippen molar-refractivity contribution in [1.29, 1.82) is 0 Å². The Bertz CT molecular complexity index is 463. The molecule has 0 aromatic heterocycles. The Kier molecular flexibility index (Phi) is 2.94. The predicted octanol–water partition coefficient (Wildman–Crippen LogP) is 3.00. The largest absolute Gasteiger partial charge is 0.485 e. The van der Waals surface area contributed by atoms with Gasteiger partial charge in [0.2, 0.25) is 0 Å². The number of benzene rings is 1. The molecule has 17 heavy (non-hydrogen) atoms. The van der Waals surface area contributed by atoms with Crippen LogP contribution in [0.2, 0.25) is 0 Å². The molecule has 1 heterocycles. The zero-order valence-electron chi connectivity index (χ0n) is 11.5. The lowest BCUT2D eigenvalue weighted by molar-refractivity contribution is 0.00727. The minimum Gasteiger partial charge on any atom is -0.485 e. The molecule has 0 bridgehead atoms. The van der Waals surface area contributed by atoms with Gasteiger partial charge in [-0.25, -0.2) is 0 Å². The Labute approximate surface area is 104 Å². The maximum atomic E-state index is 9.43. The van der Waals surface area contributed by atoms with Crippen LogP contribution in [0.5, 0.6) is 5.75 Å². The average molecular weight is 234 g/mol. The monoisotopic (exact) mass is 234 g/mol. The van der Waals surface area contributed by atoms with Gasteiger partial charge in [0, 0.05) is 0 Å². The van der Waals surface area contributed by atoms with Crippen molar-refractivity contribution in [3.05, 3.63) is 27.8 Å². The van der Waals surface area contributed by atoms with Crippen LogP contribution in [-0.2, 0) is 6.42 Å². The molecule has 0 saturated carbocycles. The fourth-order valence-corrected chi connectivity index (χ4v) is 2.59. The Morgan fingerprint density at radius 3 is 2.24 bits per heavy atom. The second-order valence-electron chi connectivity index (χ2n) is 5.52. The van der Waals surface area contributed by atoms with E-state index in [1.807, 2.05) is 6.92 Å². The zero-order valence-corrected chi connectivity index (χ0v) is 11.5. The van der Waals surface area contributed by atoms with E-state index in [4.69, 9.17) is 4.74 Å². The van der Waals surface area contributed by atoms with Gasteiger partial charge in [-0.2, -0.15) is 0 Å². The van der Waals surface area contributed by atoms with Gasteiger partial charge in [-0.15, -0.1) is 0 Å². The lowest BCUT2D eigenvalue weighted by Gasteiger charge is -2.36. The Morgan fingerprint density at radius 1 is 1.06 bits per heavy atom. The van der Waals surface area contributed by atoms with Gasteiger partial charge in [0.1, 0.15) is 11.4 Å². The lowest BCUT2D eigenvalue weighted by atomic mass is 9.85. The molecule has 0 saturated heterocycles. The molecule has 0 amide bonds. The van der Waals surface area contributed by atoms with E-state index in [1.165, 1.54) is 27.8 Å². The highest BCUT2D eigenvalue weighted by molar-refractivity contribution is 5.55. The molecule has 2 heteroatoms. The van der Waals surface area contributed by atoms with Gasteiger partial charge in [-0.1, -0.05) is 0 Å². The summed E-state index contributed by atoms with van der Waals surface area (Å²) in [4.78, 5) is 0. The highest BCUT2D eigenvalue weighted by Gasteiger charge is 2.33. The van der Waals surface area contributed by atoms with Crippen LogP contribution >= 0.6 is 0 Å². The van der Waals surface area contributed by atoms with Crippen molar-refractivity contribution < 1.29 is 9.84 Å². The maximum absolute atomic E-state index is 9.43. The molecule has 1 aromatic carbocycles. The molecule has 0 radical (unpaired) electrons. The van der Waals surface area contributed by atoms with Gasteiger partial charge in [0.25, 0.3) is 0 Å². The first kappa shape index (κ1) is 12.4. The van der Waals surface area contributed by atoms with Crippen molar-refractivity contribution in [2.24, 2.45) is 0 Å². The number of aliphatic hydroxyl groups excluding tert-OH is 1. The van der Waals surface area contributed by atoms with Crippen molar-refractivity contribution in [2.75, 3.05) is 6.61 Å². The molecule has 1 aliphatic heterocycles. The minimum absolute atomic E-state index is 0.0812. The Morgan fingerprint density at radius 2 is 1.65 bits per heavy atom. The quantitative estimate of drug-likeness (QED) is 0.809. The number of hydrogen-bond acceptors (Lipinski definition) is 2. The van der Waals surface area contributed by atoms with Crippen LogP contribution in [0, 0.1) is 27.7 Å². The number of aliphatic hydroxyl groups is 1. The molecule has 1 N–H and O–H groups in total. The van der Waals surface area contributed by atoms with E-state index in [2.05, 4.69) is 27.7 Å². The van der Waals surface area contributed by atoms with E-state index >= 15 is 0 Å². The SMILES string of the molecule is Cc1c(C)c(C)c2c(c1C)CCC(C)(CO)O2. The Balaban J connectivity index is 2.59. The third kappa shape index (κ3) is 1.85. The van der Waals surface area contributed by atoms with E-state index in [0.29, 0.717) is 0 Å². The van der Waals surface area contributed by atoms with Crippen molar-refractivity contribution in [2.45, 2.75) is 53.1 Å². The zero-order chi connectivity index (χ0) is 12.8. The summed E-state index contributed by atoms with van der Waals surface area (Å²) in [5.74, 6) is 1.01. The number of ether oxygens (including phenoxy) is 1. The summed E-state index contributed by atoms with van der Waals surface area (Å²) >= 11 is 0. The van der Waals surface area contributed by atoms with Crippen molar-refractivity contribution in [3.8, 4) is 5.75 Å². The predicted molar refractivity (Wildman–Crippen MR) is 69.8 cm³/mol. The van der Waals surface area contributed by atoms with E-state index in [1.54, 1.807) is 0 Å². The van der Waals surface area contributed by atoms with E-state index in [-0.39, 0.29) is 6.61 Å². The van der Waals surface area contributed by atoms with Crippen LogP contribution in [0.15, 0.2) is 0 Å². The number of hydrogen-bond donors (Lipinski definition) is 1. The first-order valence-corrected chi connectivity index (χ1v) is 6.29. The summed E-state index contributed by atoms with van der Waals surface area (Å²) < 4.78 is 6.07. The van der Waals surface area contributed by atoms with Crippen LogP contribution < -0.4 is 4.74 Å². The average Bonchev–Trinajstić information content (AvgIpc) is 2.33. The smallest absolute Gasteiger partial charge is 0.129 e. The molecule has 0 fully saturated rings. The number of fused-ring (bicyclic) bond motifs is 1. The highest BCUT2D eigenvalue weighted by atomic mass is 16.5. The Hall–Kier alpha value is -1.02. The lowest BCUT2D eigenvalue weighted by Crippen LogP contribution is -2.40. The summed E-state index contributed by atoms with van der Waals surface area (Å²) in [6, 6.07) is 0. The molecule has 2 rings (SSSR count). The third-order valence-corrected chi connectivity index (χ3v) is 4.34. The molecule has 0 aliphatic carbocycles. The minimum atomic E-state index is -0.411. The van der Waals surface area contributed by atoms with Gasteiger partial charge in [-0.3, -0.25) is 0 Å². The second-order valence-corrected chi connectivity index (χ2v) is 5.52. The van der Waals surface area contributed by atoms with E-state index in [9.17, 15) is 5.11 Å². The first-order chi connectivity index (χ1) is 7.89. The van der Waals surface area contributed by atoms with E-state index in [0.717, 1.165) is 18.6 Å². The molecular weight excluding hydrogens is 212 g/mol. The topological polar surface area (TPSA) is 29.5 Å². The van der Waals surface area contributed by atoms with Gasteiger partial charge in [0.05, 0.1) is 6.61 Å². The summed E-state index contributed by atoms with van der Waals surface area (Å²) in [5.41, 5.74) is 6.18. The van der Waals surface area contributed by atoms with Crippen molar-refractivity contribution in [3.63, 3.8) is 0 Å². The maximum Gasteiger partial charge on any atom is 0.129 e. The molecule has 1 aromatic rings. The normalized spacial score (nSPS) is 23.2. The van der Waals surface area contributed by atoms with Crippen LogP contribution in [-0.4, -0.2) is 17.3 Å². The molecule has 2 nitrogen and oxygen atoms in total. The second kappa shape index (κ2) is 4.02. The van der Waals surface area contributed by atoms with Gasteiger partial charge < -0.3 is 9.84 Å². The molecule has 1 aliphatic rings. The molecule has 1 unspecified atom stereocenters. The number of rotatable bonds is 1. The molecule has 0 spiro atoms. The fraction of sp³-hybridized carbons (Fsp3) is 0.600. The summed E-state index contributed by atoms with van der Waals surface area (Å²) in [5, 5.41) is 9.43. The van der Waals surface area contributed by atoms with Crippen LogP contribution in [0.1, 0.15) is 41.2 Å². The summed E-state index contributed by atoms with van der Waals surface area (Å²) in [6.45, 7) is 10.7. The highest BCUT2D eigenvalue weighted by Crippen LogP contribution is 2.40. The standard InChI is InChI=1S/C15H22O2/c1-9-10(2)12(4)14-13(11(9)3)6-7-15(5,8-16)17-14/h16H,6-8H2,1-5H3. The fourth-order valence-electron chi connectivity index (χ4n) is 2.59. The van der Waals surface area contributed by atoms with Crippen LogP contribution in [0.4, 0.5) is 0 Å².